The minimum atomic E-state index is 0.0345. The SMILES string of the molecule is c1ccc(CN2CCC3(CC2)C[C@@H](OCc2cccnc2)CO3)cc1. The topological polar surface area (TPSA) is 34.6 Å². The van der Waals surface area contributed by atoms with E-state index in [1.165, 1.54) is 5.56 Å². The highest BCUT2D eigenvalue weighted by molar-refractivity contribution is 5.14. The van der Waals surface area contributed by atoms with Crippen molar-refractivity contribution in [3.63, 3.8) is 0 Å². The largest absolute Gasteiger partial charge is 0.372 e. The number of ether oxygens (including phenoxy) is 2. The summed E-state index contributed by atoms with van der Waals surface area (Å²) in [6.45, 7) is 4.59. The van der Waals surface area contributed by atoms with Crippen LogP contribution in [0.2, 0.25) is 0 Å². The van der Waals surface area contributed by atoms with Crippen LogP contribution < -0.4 is 0 Å². The lowest BCUT2D eigenvalue weighted by Crippen LogP contribution is -2.43. The minimum Gasteiger partial charge on any atom is -0.372 e. The number of hydrogen-bond donors (Lipinski definition) is 0. The van der Waals surface area contributed by atoms with Gasteiger partial charge in [-0.05, 0) is 30.0 Å². The molecule has 0 bridgehead atoms. The molecule has 4 nitrogen and oxygen atoms in total. The number of hydrogen-bond acceptors (Lipinski definition) is 4. The summed E-state index contributed by atoms with van der Waals surface area (Å²) < 4.78 is 12.3. The molecule has 2 saturated heterocycles. The first kappa shape index (κ1) is 16.7. The van der Waals surface area contributed by atoms with Crippen LogP contribution in [-0.2, 0) is 22.6 Å². The van der Waals surface area contributed by atoms with E-state index in [1.807, 2.05) is 12.3 Å². The van der Waals surface area contributed by atoms with Crippen molar-refractivity contribution >= 4 is 0 Å². The third kappa shape index (κ3) is 4.27. The maximum absolute atomic E-state index is 6.21. The second-order valence-corrected chi connectivity index (χ2v) is 7.25. The number of nitrogens with zero attached hydrogens (tertiary/aromatic N) is 2. The molecule has 1 atom stereocenters. The molecule has 2 aromatic rings. The van der Waals surface area contributed by atoms with Gasteiger partial charge in [-0.15, -0.1) is 0 Å². The van der Waals surface area contributed by atoms with E-state index in [2.05, 4.69) is 46.3 Å². The Bertz CT molecular complexity index is 654. The van der Waals surface area contributed by atoms with E-state index in [0.717, 1.165) is 51.1 Å². The van der Waals surface area contributed by atoms with Gasteiger partial charge in [0.2, 0.25) is 0 Å². The van der Waals surface area contributed by atoms with Crippen molar-refractivity contribution < 1.29 is 9.47 Å². The Morgan fingerprint density at radius 1 is 1.08 bits per heavy atom. The molecule has 0 aliphatic carbocycles. The molecule has 2 aliphatic heterocycles. The van der Waals surface area contributed by atoms with E-state index in [1.54, 1.807) is 6.20 Å². The Kier molecular flexibility index (Phi) is 5.11. The molecule has 25 heavy (non-hydrogen) atoms. The molecule has 3 heterocycles. The fourth-order valence-electron chi connectivity index (χ4n) is 3.92. The summed E-state index contributed by atoms with van der Waals surface area (Å²) in [5.74, 6) is 0. The Hall–Kier alpha value is -1.75. The molecule has 0 radical (unpaired) electrons. The third-order valence-electron chi connectivity index (χ3n) is 5.40. The molecular weight excluding hydrogens is 312 g/mol. The van der Waals surface area contributed by atoms with E-state index in [-0.39, 0.29) is 11.7 Å². The molecule has 4 rings (SSSR count). The number of likely N-dealkylation sites (tertiary alicyclic amines) is 1. The van der Waals surface area contributed by atoms with Crippen LogP contribution in [0.25, 0.3) is 0 Å². The van der Waals surface area contributed by atoms with Gasteiger partial charge in [0.15, 0.2) is 0 Å². The third-order valence-corrected chi connectivity index (χ3v) is 5.40. The molecule has 0 amide bonds. The zero-order chi connectivity index (χ0) is 17.0. The maximum Gasteiger partial charge on any atom is 0.0840 e. The van der Waals surface area contributed by atoms with Gasteiger partial charge < -0.3 is 9.47 Å². The van der Waals surface area contributed by atoms with Gasteiger partial charge in [-0.2, -0.15) is 0 Å². The Morgan fingerprint density at radius 3 is 2.64 bits per heavy atom. The summed E-state index contributed by atoms with van der Waals surface area (Å²) in [4.78, 5) is 6.67. The van der Waals surface area contributed by atoms with Crippen LogP contribution in [0, 0.1) is 0 Å². The van der Waals surface area contributed by atoms with Gasteiger partial charge in [0.05, 0.1) is 24.9 Å². The van der Waals surface area contributed by atoms with E-state index < -0.39 is 0 Å². The Morgan fingerprint density at radius 2 is 1.88 bits per heavy atom. The van der Waals surface area contributed by atoms with Gasteiger partial charge in [-0.3, -0.25) is 9.88 Å². The van der Waals surface area contributed by atoms with Gasteiger partial charge in [0, 0.05) is 38.4 Å². The number of rotatable bonds is 5. The van der Waals surface area contributed by atoms with Crippen molar-refractivity contribution in [2.45, 2.75) is 44.1 Å². The summed E-state index contributed by atoms with van der Waals surface area (Å²) >= 11 is 0. The van der Waals surface area contributed by atoms with Crippen molar-refractivity contribution in [2.75, 3.05) is 19.7 Å². The molecule has 2 fully saturated rings. The maximum atomic E-state index is 6.21. The first-order chi connectivity index (χ1) is 12.3. The van der Waals surface area contributed by atoms with Gasteiger partial charge in [-0.1, -0.05) is 36.4 Å². The van der Waals surface area contributed by atoms with E-state index in [0.29, 0.717) is 6.61 Å². The van der Waals surface area contributed by atoms with Crippen molar-refractivity contribution in [1.29, 1.82) is 0 Å². The lowest BCUT2D eigenvalue weighted by atomic mass is 9.88. The number of pyridine rings is 1. The van der Waals surface area contributed by atoms with Crippen molar-refractivity contribution in [3.05, 3.63) is 66.0 Å². The van der Waals surface area contributed by atoms with Crippen LogP contribution in [0.1, 0.15) is 30.4 Å². The molecule has 0 N–H and O–H groups in total. The summed E-state index contributed by atoms with van der Waals surface area (Å²) in [5, 5.41) is 0. The number of aromatic nitrogens is 1. The lowest BCUT2D eigenvalue weighted by molar-refractivity contribution is -0.0468. The molecule has 0 saturated carbocycles. The van der Waals surface area contributed by atoms with Crippen molar-refractivity contribution in [1.82, 2.24) is 9.88 Å². The smallest absolute Gasteiger partial charge is 0.0840 e. The highest BCUT2D eigenvalue weighted by atomic mass is 16.6. The lowest BCUT2D eigenvalue weighted by Gasteiger charge is -2.38. The summed E-state index contributed by atoms with van der Waals surface area (Å²) in [6.07, 6.45) is 7.10. The molecule has 132 valence electrons. The second kappa shape index (κ2) is 7.65. The molecule has 2 aliphatic rings. The first-order valence-electron chi connectivity index (χ1n) is 9.22. The molecule has 0 unspecified atom stereocenters. The summed E-state index contributed by atoms with van der Waals surface area (Å²) in [5.41, 5.74) is 2.55. The highest BCUT2D eigenvalue weighted by Gasteiger charge is 2.43. The molecule has 1 aromatic carbocycles. The summed E-state index contributed by atoms with van der Waals surface area (Å²) in [6, 6.07) is 14.7. The predicted molar refractivity (Wildman–Crippen MR) is 97.1 cm³/mol. The van der Waals surface area contributed by atoms with Crippen LogP contribution in [0.4, 0.5) is 0 Å². The Balaban J connectivity index is 1.24. The standard InChI is InChI=1S/C21H26N2O2/c1-2-5-18(6-3-1)15-23-11-8-21(9-12-23)13-20(17-25-21)24-16-19-7-4-10-22-14-19/h1-7,10,14,20H,8-9,11-13,15-17H2/t20-/m1/s1. The number of piperidine rings is 1. The molecule has 1 spiro atoms. The molecule has 4 heteroatoms. The quantitative estimate of drug-likeness (QED) is 0.837. The van der Waals surface area contributed by atoms with Crippen LogP contribution >= 0.6 is 0 Å². The zero-order valence-electron chi connectivity index (χ0n) is 14.6. The van der Waals surface area contributed by atoms with Gasteiger partial charge in [0.1, 0.15) is 0 Å². The minimum absolute atomic E-state index is 0.0345. The average Bonchev–Trinajstić information content (AvgIpc) is 3.07. The fraction of sp³-hybridized carbons (Fsp3) is 0.476. The number of benzene rings is 1. The second-order valence-electron chi connectivity index (χ2n) is 7.25. The monoisotopic (exact) mass is 338 g/mol. The molecule has 1 aromatic heterocycles. The van der Waals surface area contributed by atoms with Gasteiger partial charge in [0.25, 0.3) is 0 Å². The van der Waals surface area contributed by atoms with Crippen molar-refractivity contribution in [3.8, 4) is 0 Å². The van der Waals surface area contributed by atoms with Gasteiger partial charge in [-0.25, -0.2) is 0 Å². The zero-order valence-corrected chi connectivity index (χ0v) is 14.6. The molecular formula is C21H26N2O2. The van der Waals surface area contributed by atoms with Crippen LogP contribution in [0.15, 0.2) is 54.9 Å². The van der Waals surface area contributed by atoms with E-state index in [4.69, 9.17) is 9.47 Å². The van der Waals surface area contributed by atoms with Gasteiger partial charge >= 0.3 is 0 Å². The predicted octanol–water partition coefficient (Wildman–Crippen LogP) is 3.42. The van der Waals surface area contributed by atoms with Crippen LogP contribution in [0.3, 0.4) is 0 Å². The normalized spacial score (nSPS) is 23.1. The van der Waals surface area contributed by atoms with Crippen LogP contribution in [0.5, 0.6) is 0 Å². The fourth-order valence-corrected chi connectivity index (χ4v) is 3.92. The van der Waals surface area contributed by atoms with E-state index >= 15 is 0 Å². The highest BCUT2D eigenvalue weighted by Crippen LogP contribution is 2.37. The van der Waals surface area contributed by atoms with E-state index in [9.17, 15) is 0 Å². The average molecular weight is 338 g/mol. The summed E-state index contributed by atoms with van der Waals surface area (Å²) in [7, 11) is 0. The van der Waals surface area contributed by atoms with Crippen molar-refractivity contribution in [2.24, 2.45) is 0 Å². The first-order valence-corrected chi connectivity index (χ1v) is 9.22. The Labute approximate surface area is 149 Å². The van der Waals surface area contributed by atoms with Crippen LogP contribution in [-0.4, -0.2) is 41.3 Å².